The van der Waals surface area contributed by atoms with Crippen LogP contribution in [0, 0.1) is 11.6 Å². The summed E-state index contributed by atoms with van der Waals surface area (Å²) in [5, 5.41) is 11.6. The lowest BCUT2D eigenvalue weighted by atomic mass is 10.0. The van der Waals surface area contributed by atoms with Crippen LogP contribution in [0.5, 0.6) is 11.5 Å². The number of benzene rings is 2. The van der Waals surface area contributed by atoms with Gasteiger partial charge in [-0.1, -0.05) is 12.1 Å². The summed E-state index contributed by atoms with van der Waals surface area (Å²) < 4.78 is 49.0. The van der Waals surface area contributed by atoms with Gasteiger partial charge in [0.25, 0.3) is 0 Å². The topological polar surface area (TPSA) is 83.9 Å². The van der Waals surface area contributed by atoms with Crippen LogP contribution in [-0.2, 0) is 20.8 Å². The number of hydrogen-bond acceptors (Lipinski definition) is 8. The molecule has 9 nitrogen and oxygen atoms in total. The number of nitrogens with zero attached hydrogens (tertiary/aromatic N) is 3. The van der Waals surface area contributed by atoms with Crippen LogP contribution in [0.4, 0.5) is 8.78 Å². The molecule has 4 rings (SSSR count). The highest BCUT2D eigenvalue weighted by atomic mass is 19.2. The Kier molecular flexibility index (Phi) is 10.5. The minimum absolute atomic E-state index is 0.0139. The number of β-amino-alcohol motifs (C(OH)–C–C–N with tert-alkyl or cyclic N) is 1. The van der Waals surface area contributed by atoms with Crippen molar-refractivity contribution in [1.29, 1.82) is 0 Å². The lowest BCUT2D eigenvalue weighted by Crippen LogP contribution is -2.52. The first-order valence-corrected chi connectivity index (χ1v) is 13.1. The molecule has 11 heteroatoms. The fraction of sp³-hybridized carbons (Fsp3) is 0.536. The number of ether oxygens (including phenoxy) is 4. The van der Waals surface area contributed by atoms with E-state index in [1.54, 1.807) is 4.90 Å². The molecule has 0 spiro atoms. The molecule has 0 radical (unpaired) electrons. The molecule has 2 heterocycles. The summed E-state index contributed by atoms with van der Waals surface area (Å²) in [5.74, 6) is -1.41. The van der Waals surface area contributed by atoms with E-state index in [0.29, 0.717) is 26.2 Å². The van der Waals surface area contributed by atoms with E-state index in [-0.39, 0.29) is 38.0 Å². The molecule has 0 aromatic heterocycles. The van der Waals surface area contributed by atoms with Gasteiger partial charge in [0.1, 0.15) is 36.9 Å². The van der Waals surface area contributed by atoms with Gasteiger partial charge in [-0.05, 0) is 29.8 Å². The van der Waals surface area contributed by atoms with Gasteiger partial charge in [0, 0.05) is 59.0 Å². The van der Waals surface area contributed by atoms with E-state index in [2.05, 4.69) is 4.90 Å². The maximum atomic E-state index is 13.7. The number of methoxy groups -OCH3 is 1. The smallest absolute Gasteiger partial charge is 0.248 e. The minimum atomic E-state index is -1.46. The van der Waals surface area contributed by atoms with Crippen LogP contribution >= 0.6 is 0 Å². The Labute approximate surface area is 227 Å². The van der Waals surface area contributed by atoms with Crippen molar-refractivity contribution in [3.63, 3.8) is 0 Å². The van der Waals surface area contributed by atoms with E-state index in [9.17, 15) is 18.7 Å². The molecule has 2 aromatic rings. The second-order valence-electron chi connectivity index (χ2n) is 10.00. The predicted octanol–water partition coefficient (Wildman–Crippen LogP) is 1.78. The standard InChI is InChI=1S/C28H37F2N3O6/c1-36-18-27(34)33-8-7-32(19-28(35,20-33)21-39-24-5-6-25(29)26(30)16-24)17-22-3-2-4-23(15-22)38-14-11-31-9-12-37-13-10-31/h2-6,15-16,35H,7-14,17-21H2,1H3. The lowest BCUT2D eigenvalue weighted by Gasteiger charge is -2.33. The number of morpholine rings is 1. The third kappa shape index (κ3) is 8.84. The Morgan fingerprint density at radius 3 is 2.54 bits per heavy atom. The highest BCUT2D eigenvalue weighted by Crippen LogP contribution is 2.22. The summed E-state index contributed by atoms with van der Waals surface area (Å²) in [6, 6.07) is 11.0. The van der Waals surface area contributed by atoms with Crippen molar-refractivity contribution in [2.45, 2.75) is 12.1 Å². The van der Waals surface area contributed by atoms with Crippen molar-refractivity contribution in [2.24, 2.45) is 0 Å². The van der Waals surface area contributed by atoms with Crippen LogP contribution in [-0.4, -0.2) is 117 Å². The van der Waals surface area contributed by atoms with Crippen molar-refractivity contribution in [1.82, 2.24) is 14.7 Å². The number of amides is 1. The van der Waals surface area contributed by atoms with Crippen molar-refractivity contribution >= 4 is 5.91 Å². The highest BCUT2D eigenvalue weighted by Gasteiger charge is 2.37. The molecule has 214 valence electrons. The summed E-state index contributed by atoms with van der Waals surface area (Å²) in [6.07, 6.45) is 0. The molecule has 1 unspecified atom stereocenters. The quantitative estimate of drug-likeness (QED) is 0.454. The second-order valence-corrected chi connectivity index (χ2v) is 10.00. The van der Waals surface area contributed by atoms with Gasteiger partial charge in [0.2, 0.25) is 5.91 Å². The number of carbonyl (C=O) groups excluding carboxylic acids is 1. The molecular formula is C28H37F2N3O6. The van der Waals surface area contributed by atoms with Gasteiger partial charge in [-0.2, -0.15) is 0 Å². The molecule has 2 aromatic carbocycles. The Balaban J connectivity index is 1.40. The third-order valence-electron chi connectivity index (χ3n) is 6.79. The number of carbonyl (C=O) groups is 1. The third-order valence-corrected chi connectivity index (χ3v) is 6.79. The number of aliphatic hydroxyl groups is 1. The van der Waals surface area contributed by atoms with Gasteiger partial charge >= 0.3 is 0 Å². The zero-order chi connectivity index (χ0) is 27.7. The molecule has 2 fully saturated rings. The molecule has 1 N–H and O–H groups in total. The number of rotatable bonds is 11. The average molecular weight is 550 g/mol. The van der Waals surface area contributed by atoms with Crippen LogP contribution in [0.15, 0.2) is 42.5 Å². The summed E-state index contributed by atoms with van der Waals surface area (Å²) in [5.41, 5.74) is -0.462. The Hall–Kier alpha value is -2.83. The van der Waals surface area contributed by atoms with Crippen molar-refractivity contribution in [3.8, 4) is 11.5 Å². The molecule has 0 saturated carbocycles. The average Bonchev–Trinajstić information content (AvgIpc) is 3.09. The molecule has 2 aliphatic heterocycles. The van der Waals surface area contributed by atoms with E-state index < -0.39 is 17.2 Å². The van der Waals surface area contributed by atoms with E-state index in [0.717, 1.165) is 56.3 Å². The molecule has 39 heavy (non-hydrogen) atoms. The largest absolute Gasteiger partial charge is 0.492 e. The van der Waals surface area contributed by atoms with Gasteiger partial charge in [-0.3, -0.25) is 14.6 Å². The molecule has 2 aliphatic rings. The zero-order valence-corrected chi connectivity index (χ0v) is 22.3. The van der Waals surface area contributed by atoms with Crippen LogP contribution in [0.25, 0.3) is 0 Å². The molecule has 1 atom stereocenters. The fourth-order valence-electron chi connectivity index (χ4n) is 4.79. The van der Waals surface area contributed by atoms with Gasteiger partial charge in [0.05, 0.1) is 19.8 Å². The Morgan fingerprint density at radius 1 is 0.974 bits per heavy atom. The second kappa shape index (κ2) is 14.0. The van der Waals surface area contributed by atoms with E-state index >= 15 is 0 Å². The summed E-state index contributed by atoms with van der Waals surface area (Å²) >= 11 is 0. The van der Waals surface area contributed by atoms with Crippen molar-refractivity contribution in [3.05, 3.63) is 59.7 Å². The van der Waals surface area contributed by atoms with Gasteiger partial charge in [0.15, 0.2) is 11.6 Å². The van der Waals surface area contributed by atoms with E-state index in [1.807, 2.05) is 29.2 Å². The van der Waals surface area contributed by atoms with Crippen LogP contribution < -0.4 is 9.47 Å². The van der Waals surface area contributed by atoms with Gasteiger partial charge in [-0.25, -0.2) is 8.78 Å². The SMILES string of the molecule is COCC(=O)N1CCN(Cc2cccc(OCCN3CCOCC3)c2)CC(O)(COc2ccc(F)c(F)c2)C1. The van der Waals surface area contributed by atoms with E-state index in [1.165, 1.54) is 13.2 Å². The number of halogens is 2. The van der Waals surface area contributed by atoms with Crippen LogP contribution in [0.2, 0.25) is 0 Å². The zero-order valence-electron chi connectivity index (χ0n) is 22.3. The van der Waals surface area contributed by atoms with Gasteiger partial charge in [-0.15, -0.1) is 0 Å². The summed E-state index contributed by atoms with van der Waals surface area (Å²) in [7, 11) is 1.44. The first kappa shape index (κ1) is 29.2. The minimum Gasteiger partial charge on any atom is -0.492 e. The van der Waals surface area contributed by atoms with Crippen molar-refractivity contribution in [2.75, 3.05) is 86.0 Å². The molecular weight excluding hydrogens is 512 g/mol. The fourth-order valence-corrected chi connectivity index (χ4v) is 4.79. The van der Waals surface area contributed by atoms with Crippen LogP contribution in [0.3, 0.4) is 0 Å². The lowest BCUT2D eigenvalue weighted by molar-refractivity contribution is -0.138. The first-order chi connectivity index (χ1) is 18.8. The first-order valence-electron chi connectivity index (χ1n) is 13.1. The normalized spacial score (nSPS) is 21.0. The van der Waals surface area contributed by atoms with Crippen LogP contribution in [0.1, 0.15) is 5.56 Å². The number of hydrogen-bond donors (Lipinski definition) is 1. The van der Waals surface area contributed by atoms with Crippen molar-refractivity contribution < 1.29 is 37.6 Å². The summed E-state index contributed by atoms with van der Waals surface area (Å²) in [4.78, 5) is 18.5. The molecule has 1 amide bonds. The predicted molar refractivity (Wildman–Crippen MR) is 140 cm³/mol. The maximum absolute atomic E-state index is 13.7. The monoisotopic (exact) mass is 549 g/mol. The molecule has 0 bridgehead atoms. The van der Waals surface area contributed by atoms with Gasteiger partial charge < -0.3 is 29.0 Å². The highest BCUT2D eigenvalue weighted by molar-refractivity contribution is 5.77. The van der Waals surface area contributed by atoms with E-state index in [4.69, 9.17) is 18.9 Å². The Bertz CT molecular complexity index is 1090. The Morgan fingerprint density at radius 2 is 1.77 bits per heavy atom. The molecule has 2 saturated heterocycles. The maximum Gasteiger partial charge on any atom is 0.248 e. The summed E-state index contributed by atoms with van der Waals surface area (Å²) in [6.45, 7) is 6.04. The molecule has 0 aliphatic carbocycles.